The molecule has 0 bridgehead atoms. The summed E-state index contributed by atoms with van der Waals surface area (Å²) < 4.78 is 13.1. The number of carbonyl (C=O) groups excluding carboxylic acids is 2. The van der Waals surface area contributed by atoms with Crippen molar-refractivity contribution in [2.45, 2.75) is 45.4 Å². The van der Waals surface area contributed by atoms with Crippen molar-refractivity contribution >= 4 is 11.8 Å². The van der Waals surface area contributed by atoms with Crippen molar-refractivity contribution < 1.29 is 14.0 Å². The highest BCUT2D eigenvalue weighted by Gasteiger charge is 2.32. The lowest BCUT2D eigenvalue weighted by atomic mass is 9.88. The highest BCUT2D eigenvalue weighted by atomic mass is 19.1. The summed E-state index contributed by atoms with van der Waals surface area (Å²) in [6.45, 7) is 4.99. The molecule has 0 atom stereocenters. The molecule has 32 heavy (non-hydrogen) atoms. The van der Waals surface area contributed by atoms with Crippen LogP contribution in [0.4, 0.5) is 4.39 Å². The molecule has 0 radical (unpaired) electrons. The SMILES string of the molecule is Cc1ccc(CCC2CCN(C(=O)C3CCN(C(=O)c4ccc(F)cc4)CC3)CC2)cc1. The van der Waals surface area contributed by atoms with Crippen LogP contribution in [-0.2, 0) is 11.2 Å². The van der Waals surface area contributed by atoms with Crippen LogP contribution in [0, 0.1) is 24.6 Å². The predicted molar refractivity (Wildman–Crippen MR) is 124 cm³/mol. The zero-order valence-corrected chi connectivity index (χ0v) is 18.9. The third kappa shape index (κ3) is 5.56. The fourth-order valence-corrected chi connectivity index (χ4v) is 4.93. The molecule has 0 aromatic heterocycles. The quantitative estimate of drug-likeness (QED) is 0.672. The maximum Gasteiger partial charge on any atom is 0.253 e. The third-order valence-corrected chi connectivity index (χ3v) is 7.11. The van der Waals surface area contributed by atoms with Crippen molar-refractivity contribution in [3.63, 3.8) is 0 Å². The number of rotatable bonds is 5. The van der Waals surface area contributed by atoms with E-state index in [0.29, 0.717) is 37.4 Å². The fourth-order valence-electron chi connectivity index (χ4n) is 4.93. The molecule has 0 unspecified atom stereocenters. The molecule has 4 nitrogen and oxygen atoms in total. The van der Waals surface area contributed by atoms with Gasteiger partial charge in [-0.25, -0.2) is 4.39 Å². The van der Waals surface area contributed by atoms with Crippen molar-refractivity contribution in [1.82, 2.24) is 9.80 Å². The van der Waals surface area contributed by atoms with Crippen molar-refractivity contribution in [2.24, 2.45) is 11.8 Å². The van der Waals surface area contributed by atoms with Crippen molar-refractivity contribution in [3.8, 4) is 0 Å². The number of likely N-dealkylation sites (tertiary alicyclic amines) is 2. The number of benzene rings is 2. The molecule has 2 aromatic carbocycles. The van der Waals surface area contributed by atoms with Crippen molar-refractivity contribution in [3.05, 3.63) is 71.0 Å². The highest BCUT2D eigenvalue weighted by Crippen LogP contribution is 2.27. The van der Waals surface area contributed by atoms with Crippen LogP contribution in [0.25, 0.3) is 0 Å². The van der Waals surface area contributed by atoms with Crippen LogP contribution in [0.15, 0.2) is 48.5 Å². The zero-order chi connectivity index (χ0) is 22.5. The molecular formula is C27H33FN2O2. The van der Waals surface area contributed by atoms with Crippen molar-refractivity contribution in [2.75, 3.05) is 26.2 Å². The van der Waals surface area contributed by atoms with Gasteiger partial charge in [0.05, 0.1) is 0 Å². The third-order valence-electron chi connectivity index (χ3n) is 7.11. The van der Waals surface area contributed by atoms with E-state index in [1.807, 2.05) is 4.90 Å². The summed E-state index contributed by atoms with van der Waals surface area (Å²) >= 11 is 0. The number of hydrogen-bond acceptors (Lipinski definition) is 2. The lowest BCUT2D eigenvalue weighted by molar-refractivity contribution is -0.138. The minimum Gasteiger partial charge on any atom is -0.342 e. The van der Waals surface area contributed by atoms with Gasteiger partial charge in [-0.1, -0.05) is 29.8 Å². The van der Waals surface area contributed by atoms with Crippen LogP contribution < -0.4 is 0 Å². The Morgan fingerprint density at radius 1 is 0.844 bits per heavy atom. The Balaban J connectivity index is 1.20. The summed E-state index contributed by atoms with van der Waals surface area (Å²) in [7, 11) is 0. The molecule has 0 saturated carbocycles. The average Bonchev–Trinajstić information content (AvgIpc) is 2.84. The van der Waals surface area contributed by atoms with Gasteiger partial charge in [-0.2, -0.15) is 0 Å². The summed E-state index contributed by atoms with van der Waals surface area (Å²) in [6, 6.07) is 14.5. The first kappa shape index (κ1) is 22.5. The van der Waals surface area contributed by atoms with E-state index in [2.05, 4.69) is 31.2 Å². The van der Waals surface area contributed by atoms with Gasteiger partial charge in [0, 0.05) is 37.7 Å². The van der Waals surface area contributed by atoms with Crippen LogP contribution in [0.5, 0.6) is 0 Å². The van der Waals surface area contributed by atoms with Gasteiger partial charge in [0.1, 0.15) is 5.82 Å². The highest BCUT2D eigenvalue weighted by molar-refractivity contribution is 5.94. The Morgan fingerprint density at radius 2 is 1.44 bits per heavy atom. The Kier molecular flexibility index (Phi) is 7.23. The number of halogens is 1. The van der Waals surface area contributed by atoms with E-state index in [1.165, 1.54) is 41.8 Å². The van der Waals surface area contributed by atoms with E-state index in [0.717, 1.165) is 32.4 Å². The minimum absolute atomic E-state index is 0.0105. The molecular weight excluding hydrogens is 403 g/mol. The van der Waals surface area contributed by atoms with Crippen LogP contribution in [0.2, 0.25) is 0 Å². The monoisotopic (exact) mass is 436 g/mol. The lowest BCUT2D eigenvalue weighted by Crippen LogP contribution is -2.46. The first-order chi connectivity index (χ1) is 15.5. The molecule has 2 aliphatic heterocycles. The molecule has 170 valence electrons. The largest absolute Gasteiger partial charge is 0.342 e. The van der Waals surface area contributed by atoms with E-state index in [9.17, 15) is 14.0 Å². The fraction of sp³-hybridized carbons (Fsp3) is 0.481. The van der Waals surface area contributed by atoms with Gasteiger partial charge in [-0.15, -0.1) is 0 Å². The van der Waals surface area contributed by atoms with E-state index in [1.54, 1.807) is 4.90 Å². The molecule has 2 amide bonds. The number of hydrogen-bond donors (Lipinski definition) is 0. The standard InChI is InChI=1S/C27H33FN2O2/c1-20-2-4-21(5-3-20)6-7-22-12-16-29(17-13-22)27(32)24-14-18-30(19-15-24)26(31)23-8-10-25(28)11-9-23/h2-5,8-11,22,24H,6-7,12-19H2,1H3. The Bertz CT molecular complexity index is 910. The van der Waals surface area contributed by atoms with Gasteiger partial charge in [0.15, 0.2) is 0 Å². The normalized spacial score (nSPS) is 18.1. The average molecular weight is 437 g/mol. The zero-order valence-electron chi connectivity index (χ0n) is 18.9. The Hall–Kier alpha value is -2.69. The maximum absolute atomic E-state index is 13.1. The predicted octanol–water partition coefficient (Wildman–Crippen LogP) is 4.86. The summed E-state index contributed by atoms with van der Waals surface area (Å²) in [5.41, 5.74) is 3.20. The molecule has 5 heteroatoms. The van der Waals surface area contributed by atoms with E-state index >= 15 is 0 Å². The van der Waals surface area contributed by atoms with Crippen molar-refractivity contribution in [1.29, 1.82) is 0 Å². The Labute approximate surface area is 190 Å². The topological polar surface area (TPSA) is 40.6 Å². The first-order valence-corrected chi connectivity index (χ1v) is 11.9. The summed E-state index contributed by atoms with van der Waals surface area (Å²) in [6.07, 6.45) is 5.88. The molecule has 2 aromatic rings. The number of carbonyl (C=O) groups is 2. The van der Waals surface area contributed by atoms with Gasteiger partial charge in [0.2, 0.25) is 5.91 Å². The molecule has 4 rings (SSSR count). The van der Waals surface area contributed by atoms with Gasteiger partial charge in [0.25, 0.3) is 5.91 Å². The molecule has 0 spiro atoms. The summed E-state index contributed by atoms with van der Waals surface area (Å²) in [5, 5.41) is 0. The number of piperidine rings is 2. The molecule has 2 aliphatic rings. The maximum atomic E-state index is 13.1. The minimum atomic E-state index is -0.343. The summed E-state index contributed by atoms with van der Waals surface area (Å²) in [5.74, 6) is 0.540. The lowest BCUT2D eigenvalue weighted by Gasteiger charge is -2.37. The number of amides is 2. The smallest absolute Gasteiger partial charge is 0.253 e. The van der Waals surface area contributed by atoms with Gasteiger partial charge in [-0.05, 0) is 81.2 Å². The second-order valence-electron chi connectivity index (χ2n) is 9.37. The second kappa shape index (κ2) is 10.3. The second-order valence-corrected chi connectivity index (χ2v) is 9.37. The first-order valence-electron chi connectivity index (χ1n) is 11.9. The molecule has 2 heterocycles. The Morgan fingerprint density at radius 3 is 2.06 bits per heavy atom. The molecule has 0 aliphatic carbocycles. The van der Waals surface area contributed by atoms with Crippen LogP contribution in [0.3, 0.4) is 0 Å². The summed E-state index contributed by atoms with van der Waals surface area (Å²) in [4.78, 5) is 29.5. The van der Waals surface area contributed by atoms with Gasteiger partial charge < -0.3 is 9.80 Å². The number of nitrogens with zero attached hydrogens (tertiary/aromatic N) is 2. The van der Waals surface area contributed by atoms with Gasteiger partial charge >= 0.3 is 0 Å². The van der Waals surface area contributed by atoms with E-state index in [-0.39, 0.29) is 23.5 Å². The molecule has 2 saturated heterocycles. The van der Waals surface area contributed by atoms with Gasteiger partial charge in [-0.3, -0.25) is 9.59 Å². The van der Waals surface area contributed by atoms with E-state index in [4.69, 9.17) is 0 Å². The van der Waals surface area contributed by atoms with Crippen LogP contribution >= 0.6 is 0 Å². The molecule has 2 fully saturated rings. The van der Waals surface area contributed by atoms with Crippen LogP contribution in [0.1, 0.15) is 53.6 Å². The molecule has 0 N–H and O–H groups in total. The van der Waals surface area contributed by atoms with E-state index < -0.39 is 0 Å². The van der Waals surface area contributed by atoms with Crippen LogP contribution in [-0.4, -0.2) is 47.8 Å². The number of aryl methyl sites for hydroxylation is 2.